The van der Waals surface area contributed by atoms with Crippen molar-refractivity contribution in [3.05, 3.63) is 54.6 Å². The summed E-state index contributed by atoms with van der Waals surface area (Å²) in [4.78, 5) is 12.0. The number of ether oxygens (including phenoxy) is 3. The number of para-hydroxylation sites is 3. The van der Waals surface area contributed by atoms with Crippen molar-refractivity contribution < 1.29 is 19.0 Å². The molecule has 1 heterocycles. The minimum Gasteiger partial charge on any atom is -0.493 e. The molecule has 2 atom stereocenters. The molecule has 5 nitrogen and oxygen atoms in total. The molecule has 0 saturated heterocycles. The lowest BCUT2D eigenvalue weighted by molar-refractivity contribution is -0.123. The zero-order valence-corrected chi connectivity index (χ0v) is 13.6. The van der Waals surface area contributed by atoms with E-state index in [1.54, 1.807) is 0 Å². The zero-order valence-electron chi connectivity index (χ0n) is 13.6. The van der Waals surface area contributed by atoms with Crippen LogP contribution in [0.2, 0.25) is 0 Å². The van der Waals surface area contributed by atoms with Crippen LogP contribution in [0.5, 0.6) is 17.2 Å². The smallest absolute Gasteiger partial charge is 0.223 e. The van der Waals surface area contributed by atoms with Crippen molar-refractivity contribution in [2.45, 2.75) is 25.5 Å². The second-order valence-corrected chi connectivity index (χ2v) is 5.68. The van der Waals surface area contributed by atoms with E-state index in [0.717, 1.165) is 11.5 Å². The Morgan fingerprint density at radius 2 is 1.88 bits per heavy atom. The van der Waals surface area contributed by atoms with E-state index in [4.69, 9.17) is 14.2 Å². The molecular formula is C19H21NO4. The first-order chi connectivity index (χ1) is 11.7. The van der Waals surface area contributed by atoms with E-state index in [0.29, 0.717) is 25.4 Å². The van der Waals surface area contributed by atoms with Gasteiger partial charge in [-0.05, 0) is 31.2 Å². The summed E-state index contributed by atoms with van der Waals surface area (Å²) in [6.45, 7) is 2.67. The highest BCUT2D eigenvalue weighted by Gasteiger charge is 2.26. The summed E-state index contributed by atoms with van der Waals surface area (Å²) in [5.74, 6) is 2.14. The monoisotopic (exact) mass is 327 g/mol. The molecule has 3 rings (SSSR count). The lowest BCUT2D eigenvalue weighted by Gasteiger charge is -2.30. The molecule has 1 aliphatic heterocycles. The average molecular weight is 327 g/mol. The van der Waals surface area contributed by atoms with E-state index in [9.17, 15) is 4.79 Å². The lowest BCUT2D eigenvalue weighted by Crippen LogP contribution is -2.48. The van der Waals surface area contributed by atoms with Crippen molar-refractivity contribution >= 4 is 5.91 Å². The Bertz CT molecular complexity index is 674. The van der Waals surface area contributed by atoms with Crippen molar-refractivity contribution in [1.82, 2.24) is 5.32 Å². The Labute approximate surface area is 141 Å². The molecule has 1 aliphatic rings. The van der Waals surface area contributed by atoms with E-state index < -0.39 is 0 Å². The number of hydrogen-bond acceptors (Lipinski definition) is 4. The number of carbonyl (C=O) groups excluding carboxylic acids is 1. The van der Waals surface area contributed by atoms with Gasteiger partial charge in [0.15, 0.2) is 17.6 Å². The van der Waals surface area contributed by atoms with Crippen molar-refractivity contribution in [3.63, 3.8) is 0 Å². The fourth-order valence-corrected chi connectivity index (χ4v) is 2.48. The van der Waals surface area contributed by atoms with Gasteiger partial charge in [0.05, 0.1) is 19.1 Å². The molecule has 2 aromatic rings. The lowest BCUT2D eigenvalue weighted by atomic mass is 10.1. The number of nitrogens with one attached hydrogen (secondary N) is 1. The van der Waals surface area contributed by atoms with Crippen LogP contribution >= 0.6 is 0 Å². The summed E-state index contributed by atoms with van der Waals surface area (Å²) in [7, 11) is 0. The van der Waals surface area contributed by atoms with Gasteiger partial charge in [0.2, 0.25) is 5.91 Å². The molecule has 0 unspecified atom stereocenters. The second kappa shape index (κ2) is 7.73. The molecule has 2 aromatic carbocycles. The standard InChI is InChI=1S/C19H21NO4/c1-14(18-13-23-16-9-5-6-10-17(16)24-18)20-19(21)11-12-22-15-7-3-2-4-8-15/h2-10,14,18H,11-13H2,1H3,(H,20,21)/t14-,18-/m0/s1. The highest BCUT2D eigenvalue weighted by molar-refractivity contribution is 5.76. The first-order valence-electron chi connectivity index (χ1n) is 8.08. The molecule has 5 heteroatoms. The van der Waals surface area contributed by atoms with Gasteiger partial charge in [0, 0.05) is 0 Å². The molecular weight excluding hydrogens is 306 g/mol. The van der Waals surface area contributed by atoms with Crippen LogP contribution in [0.3, 0.4) is 0 Å². The van der Waals surface area contributed by atoms with E-state index in [1.807, 2.05) is 61.5 Å². The molecule has 0 aromatic heterocycles. The molecule has 0 aliphatic carbocycles. The van der Waals surface area contributed by atoms with Crippen LogP contribution in [0.1, 0.15) is 13.3 Å². The Morgan fingerprint density at radius 3 is 2.67 bits per heavy atom. The molecule has 0 spiro atoms. The molecule has 0 fully saturated rings. The van der Waals surface area contributed by atoms with Gasteiger partial charge in [-0.3, -0.25) is 4.79 Å². The molecule has 1 N–H and O–H groups in total. The van der Waals surface area contributed by atoms with Crippen molar-refractivity contribution in [1.29, 1.82) is 0 Å². The summed E-state index contributed by atoms with van der Waals surface area (Å²) in [6.07, 6.45) is 0.0857. The van der Waals surface area contributed by atoms with E-state index in [1.165, 1.54) is 0 Å². The third kappa shape index (κ3) is 4.19. The molecule has 0 radical (unpaired) electrons. The summed E-state index contributed by atoms with van der Waals surface area (Å²) < 4.78 is 17.1. The highest BCUT2D eigenvalue weighted by atomic mass is 16.6. The predicted molar refractivity (Wildman–Crippen MR) is 90.5 cm³/mol. The molecule has 0 bridgehead atoms. The topological polar surface area (TPSA) is 56.8 Å². The Kier molecular flexibility index (Phi) is 5.21. The predicted octanol–water partition coefficient (Wildman–Crippen LogP) is 2.80. The van der Waals surface area contributed by atoms with Crippen LogP contribution in [0.25, 0.3) is 0 Å². The number of hydrogen-bond donors (Lipinski definition) is 1. The minimum atomic E-state index is -0.209. The van der Waals surface area contributed by atoms with Gasteiger partial charge in [-0.25, -0.2) is 0 Å². The number of amides is 1. The summed E-state index contributed by atoms with van der Waals surface area (Å²) in [5.41, 5.74) is 0. The first-order valence-corrected chi connectivity index (χ1v) is 8.08. The van der Waals surface area contributed by atoms with Crippen LogP contribution in [0.4, 0.5) is 0 Å². The largest absolute Gasteiger partial charge is 0.493 e. The zero-order chi connectivity index (χ0) is 16.8. The van der Waals surface area contributed by atoms with Gasteiger partial charge in [0.25, 0.3) is 0 Å². The van der Waals surface area contributed by atoms with Crippen LogP contribution in [-0.4, -0.2) is 31.3 Å². The third-order valence-electron chi connectivity index (χ3n) is 3.82. The van der Waals surface area contributed by atoms with Crippen LogP contribution in [-0.2, 0) is 4.79 Å². The fraction of sp³-hybridized carbons (Fsp3) is 0.316. The van der Waals surface area contributed by atoms with Crippen molar-refractivity contribution in [2.75, 3.05) is 13.2 Å². The van der Waals surface area contributed by atoms with E-state index in [-0.39, 0.29) is 18.1 Å². The van der Waals surface area contributed by atoms with Crippen LogP contribution in [0, 0.1) is 0 Å². The van der Waals surface area contributed by atoms with Gasteiger partial charge in [0.1, 0.15) is 12.4 Å². The van der Waals surface area contributed by atoms with Gasteiger partial charge < -0.3 is 19.5 Å². The van der Waals surface area contributed by atoms with Gasteiger partial charge >= 0.3 is 0 Å². The molecule has 1 amide bonds. The number of carbonyl (C=O) groups is 1. The summed E-state index contributed by atoms with van der Waals surface area (Å²) in [6, 6.07) is 16.8. The Morgan fingerprint density at radius 1 is 1.17 bits per heavy atom. The maximum absolute atomic E-state index is 12.0. The first kappa shape index (κ1) is 16.2. The number of rotatable bonds is 6. The summed E-state index contributed by atoms with van der Waals surface area (Å²) in [5, 5.41) is 2.94. The molecule has 126 valence electrons. The van der Waals surface area contributed by atoms with Gasteiger partial charge in [-0.1, -0.05) is 30.3 Å². The second-order valence-electron chi connectivity index (χ2n) is 5.68. The fourth-order valence-electron chi connectivity index (χ4n) is 2.48. The number of benzene rings is 2. The molecule has 0 saturated carbocycles. The third-order valence-corrected chi connectivity index (χ3v) is 3.82. The maximum atomic E-state index is 12.0. The minimum absolute atomic E-state index is 0.0686. The average Bonchev–Trinajstić information content (AvgIpc) is 2.62. The quantitative estimate of drug-likeness (QED) is 0.886. The highest BCUT2D eigenvalue weighted by Crippen LogP contribution is 2.31. The van der Waals surface area contributed by atoms with Crippen molar-refractivity contribution in [2.24, 2.45) is 0 Å². The van der Waals surface area contributed by atoms with Crippen LogP contribution in [0.15, 0.2) is 54.6 Å². The normalized spacial score (nSPS) is 17.0. The number of fused-ring (bicyclic) bond motifs is 1. The Hall–Kier alpha value is -2.69. The summed E-state index contributed by atoms with van der Waals surface area (Å²) >= 11 is 0. The van der Waals surface area contributed by atoms with E-state index >= 15 is 0 Å². The van der Waals surface area contributed by atoms with E-state index in [2.05, 4.69) is 5.32 Å². The Balaban J connectivity index is 1.43. The van der Waals surface area contributed by atoms with Gasteiger partial charge in [-0.15, -0.1) is 0 Å². The molecule has 24 heavy (non-hydrogen) atoms. The maximum Gasteiger partial charge on any atom is 0.223 e. The van der Waals surface area contributed by atoms with Crippen molar-refractivity contribution in [3.8, 4) is 17.2 Å². The van der Waals surface area contributed by atoms with Crippen LogP contribution < -0.4 is 19.5 Å². The SMILES string of the molecule is C[C@H](NC(=O)CCOc1ccccc1)[C@@H]1COc2ccccc2O1. The van der Waals surface area contributed by atoms with Gasteiger partial charge in [-0.2, -0.15) is 0 Å².